The highest BCUT2D eigenvalue weighted by Gasteiger charge is 2.43. The van der Waals surface area contributed by atoms with Gasteiger partial charge in [0.1, 0.15) is 17.8 Å². The van der Waals surface area contributed by atoms with Gasteiger partial charge in [0.25, 0.3) is 0 Å². The summed E-state index contributed by atoms with van der Waals surface area (Å²) in [7, 11) is 0. The number of aryl methyl sites for hydroxylation is 1. The lowest BCUT2D eigenvalue weighted by Crippen LogP contribution is -2.33. The van der Waals surface area contributed by atoms with Gasteiger partial charge in [0.05, 0.1) is 11.2 Å². The Labute approximate surface area is 196 Å². The van der Waals surface area contributed by atoms with Crippen LogP contribution in [0.3, 0.4) is 0 Å². The molecule has 1 aliphatic carbocycles. The van der Waals surface area contributed by atoms with Crippen molar-refractivity contribution in [1.29, 1.82) is 0 Å². The van der Waals surface area contributed by atoms with E-state index in [4.69, 9.17) is 9.26 Å². The standard InChI is InChI=1S/C25H26N6O3/c1-14-10-17-18(12-26-14)27-13-28-23(17)33-20-5-4-19-16(15(20)2)6-9-31(19)24(32)29-22-11-21(34-30-22)25(3)7-8-25/h4-6,9,11,13-14,26H,7-8,10,12H2,1-3H3,(H,29,30,32)/t14-/m0/s1. The Bertz CT molecular complexity index is 1420. The molecule has 0 radical (unpaired) electrons. The molecule has 0 bridgehead atoms. The van der Waals surface area contributed by atoms with Gasteiger partial charge in [0.15, 0.2) is 5.82 Å². The minimum absolute atomic E-state index is 0.0567. The Morgan fingerprint density at radius 1 is 1.29 bits per heavy atom. The van der Waals surface area contributed by atoms with Crippen molar-refractivity contribution in [2.24, 2.45) is 0 Å². The Morgan fingerprint density at radius 3 is 2.97 bits per heavy atom. The third-order valence-corrected chi connectivity index (χ3v) is 6.98. The molecule has 0 saturated heterocycles. The topological polar surface area (TPSA) is 107 Å². The van der Waals surface area contributed by atoms with Crippen LogP contribution in [0.2, 0.25) is 0 Å². The molecule has 0 unspecified atom stereocenters. The van der Waals surface area contributed by atoms with Crippen LogP contribution in [0.4, 0.5) is 10.6 Å². The fourth-order valence-electron chi connectivity index (χ4n) is 4.48. The number of anilines is 1. The van der Waals surface area contributed by atoms with Crippen molar-refractivity contribution >= 4 is 22.8 Å². The van der Waals surface area contributed by atoms with Gasteiger partial charge in [-0.05, 0) is 51.3 Å². The zero-order valence-corrected chi connectivity index (χ0v) is 19.4. The summed E-state index contributed by atoms with van der Waals surface area (Å²) in [4.78, 5) is 21.7. The van der Waals surface area contributed by atoms with Gasteiger partial charge >= 0.3 is 6.03 Å². The first kappa shape index (κ1) is 20.9. The van der Waals surface area contributed by atoms with Crippen LogP contribution >= 0.6 is 0 Å². The molecule has 9 heteroatoms. The highest BCUT2D eigenvalue weighted by Crippen LogP contribution is 2.48. The fraction of sp³-hybridized carbons (Fsp3) is 0.360. The maximum Gasteiger partial charge on any atom is 0.331 e. The van der Waals surface area contributed by atoms with E-state index in [2.05, 4.69) is 39.6 Å². The van der Waals surface area contributed by atoms with Crippen molar-refractivity contribution in [3.8, 4) is 11.6 Å². The van der Waals surface area contributed by atoms with Gasteiger partial charge < -0.3 is 14.6 Å². The van der Waals surface area contributed by atoms with Crippen molar-refractivity contribution in [2.75, 3.05) is 5.32 Å². The number of aromatic nitrogens is 4. The molecule has 9 nitrogen and oxygen atoms in total. The predicted octanol–water partition coefficient (Wildman–Crippen LogP) is 4.69. The SMILES string of the molecule is Cc1c(Oc2ncnc3c2C[C@H](C)NC3)ccc2c1ccn2C(=O)Nc1cc(C2(C)CC2)on1. The Balaban J connectivity index is 1.26. The molecule has 1 fully saturated rings. The number of nitrogens with one attached hydrogen (secondary N) is 2. The van der Waals surface area contributed by atoms with E-state index in [1.54, 1.807) is 17.1 Å². The molecular formula is C25H26N6O3. The van der Waals surface area contributed by atoms with Crippen molar-refractivity contribution in [3.05, 3.63) is 59.4 Å². The first-order chi connectivity index (χ1) is 16.4. The summed E-state index contributed by atoms with van der Waals surface area (Å²) in [5, 5.41) is 11.2. The monoisotopic (exact) mass is 458 g/mol. The molecule has 1 aliphatic heterocycles. The summed E-state index contributed by atoms with van der Waals surface area (Å²) in [6, 6.07) is 7.53. The van der Waals surface area contributed by atoms with Gasteiger partial charge in [0, 0.05) is 46.8 Å². The second-order valence-corrected chi connectivity index (χ2v) is 9.57. The summed E-state index contributed by atoms with van der Waals surface area (Å²) >= 11 is 0. The summed E-state index contributed by atoms with van der Waals surface area (Å²) in [6.45, 7) is 6.96. The summed E-state index contributed by atoms with van der Waals surface area (Å²) in [5.41, 5.74) is 3.78. The third kappa shape index (κ3) is 3.52. The number of hydrogen-bond acceptors (Lipinski definition) is 7. The second-order valence-electron chi connectivity index (χ2n) is 9.57. The van der Waals surface area contributed by atoms with Crippen LogP contribution in [-0.2, 0) is 18.4 Å². The lowest BCUT2D eigenvalue weighted by Gasteiger charge is -2.23. The summed E-state index contributed by atoms with van der Waals surface area (Å²) in [6.07, 6.45) is 6.26. The van der Waals surface area contributed by atoms with Crippen LogP contribution in [0.1, 0.15) is 49.3 Å². The number of nitrogens with zero attached hydrogens (tertiary/aromatic N) is 4. The molecule has 3 aromatic heterocycles. The number of fused-ring (bicyclic) bond motifs is 2. The number of rotatable bonds is 4. The fourth-order valence-corrected chi connectivity index (χ4v) is 4.48. The van der Waals surface area contributed by atoms with Gasteiger partial charge in [0.2, 0.25) is 5.88 Å². The van der Waals surface area contributed by atoms with Crippen molar-refractivity contribution in [1.82, 2.24) is 25.0 Å². The van der Waals surface area contributed by atoms with Crippen molar-refractivity contribution in [3.63, 3.8) is 0 Å². The van der Waals surface area contributed by atoms with Gasteiger partial charge in [-0.3, -0.25) is 9.88 Å². The molecule has 34 heavy (non-hydrogen) atoms. The van der Waals surface area contributed by atoms with Crippen LogP contribution in [0, 0.1) is 6.92 Å². The molecule has 1 atom stereocenters. The van der Waals surface area contributed by atoms with E-state index in [1.165, 1.54) is 0 Å². The summed E-state index contributed by atoms with van der Waals surface area (Å²) in [5.74, 6) is 2.53. The molecule has 4 heterocycles. The lowest BCUT2D eigenvalue weighted by molar-refractivity contribution is 0.254. The predicted molar refractivity (Wildman–Crippen MR) is 126 cm³/mol. The number of carbonyl (C=O) groups is 1. The average molecular weight is 459 g/mol. The van der Waals surface area contributed by atoms with E-state index < -0.39 is 0 Å². The molecule has 2 aliphatic rings. The van der Waals surface area contributed by atoms with Gasteiger partial charge in [-0.15, -0.1) is 0 Å². The minimum Gasteiger partial charge on any atom is -0.438 e. The molecule has 1 amide bonds. The van der Waals surface area contributed by atoms with Gasteiger partial charge in [-0.2, -0.15) is 0 Å². The van der Waals surface area contributed by atoms with E-state index in [0.29, 0.717) is 30.0 Å². The van der Waals surface area contributed by atoms with Crippen molar-refractivity contribution in [2.45, 2.75) is 58.0 Å². The zero-order chi connectivity index (χ0) is 23.4. The van der Waals surface area contributed by atoms with E-state index in [-0.39, 0.29) is 11.4 Å². The molecule has 2 N–H and O–H groups in total. The highest BCUT2D eigenvalue weighted by atomic mass is 16.5. The van der Waals surface area contributed by atoms with Crippen LogP contribution in [0.15, 0.2) is 41.3 Å². The first-order valence-electron chi connectivity index (χ1n) is 11.5. The normalized spacial score (nSPS) is 18.5. The van der Waals surface area contributed by atoms with Gasteiger partial charge in [-0.25, -0.2) is 14.8 Å². The maximum absolute atomic E-state index is 13.0. The lowest BCUT2D eigenvalue weighted by atomic mass is 10.0. The number of benzene rings is 1. The second kappa shape index (κ2) is 7.66. The van der Waals surface area contributed by atoms with Crippen molar-refractivity contribution < 1.29 is 14.1 Å². The average Bonchev–Trinajstić information content (AvgIpc) is 3.22. The van der Waals surface area contributed by atoms with E-state index in [0.717, 1.165) is 52.7 Å². The number of carbonyl (C=O) groups excluding carboxylic acids is 1. The quantitative estimate of drug-likeness (QED) is 0.457. The Morgan fingerprint density at radius 2 is 2.15 bits per heavy atom. The van der Waals surface area contributed by atoms with Crippen LogP contribution in [0.25, 0.3) is 10.9 Å². The molecule has 1 saturated carbocycles. The third-order valence-electron chi connectivity index (χ3n) is 6.98. The molecule has 6 rings (SSSR count). The van der Waals surface area contributed by atoms with E-state index in [9.17, 15) is 4.79 Å². The number of amides is 1. The minimum atomic E-state index is -0.296. The number of hydrogen-bond donors (Lipinski definition) is 2. The van der Waals surface area contributed by atoms with Crippen LogP contribution in [0.5, 0.6) is 11.6 Å². The summed E-state index contributed by atoms with van der Waals surface area (Å²) < 4.78 is 13.3. The number of ether oxygens (including phenoxy) is 1. The maximum atomic E-state index is 13.0. The smallest absolute Gasteiger partial charge is 0.331 e. The highest BCUT2D eigenvalue weighted by molar-refractivity contribution is 5.99. The van der Waals surface area contributed by atoms with E-state index >= 15 is 0 Å². The van der Waals surface area contributed by atoms with Crippen LogP contribution in [-0.4, -0.2) is 31.8 Å². The first-order valence-corrected chi connectivity index (χ1v) is 11.5. The van der Waals surface area contributed by atoms with Gasteiger partial charge in [-0.1, -0.05) is 12.1 Å². The van der Waals surface area contributed by atoms with E-state index in [1.807, 2.05) is 31.2 Å². The Kier molecular flexibility index (Phi) is 4.70. The molecular weight excluding hydrogens is 432 g/mol. The largest absolute Gasteiger partial charge is 0.438 e. The molecule has 174 valence electrons. The molecule has 1 aromatic carbocycles. The van der Waals surface area contributed by atoms with Crippen LogP contribution < -0.4 is 15.4 Å². The molecule has 4 aromatic rings. The zero-order valence-electron chi connectivity index (χ0n) is 19.4. The Hall–Kier alpha value is -3.72. The molecule has 0 spiro atoms.